The third-order valence-corrected chi connectivity index (χ3v) is 21.7. The van der Waals surface area contributed by atoms with Gasteiger partial charge in [0.2, 0.25) is 0 Å². The molecule has 0 amide bonds. The van der Waals surface area contributed by atoms with Crippen LogP contribution < -0.4 is 0 Å². The van der Waals surface area contributed by atoms with Gasteiger partial charge in [0.15, 0.2) is 12.2 Å². The molecular formula is C84H164O17P2. The minimum absolute atomic E-state index is 0.107. The molecule has 0 radical (unpaired) electrons. The van der Waals surface area contributed by atoms with Gasteiger partial charge in [0, 0.05) is 25.7 Å². The smallest absolute Gasteiger partial charge is 0.462 e. The SMILES string of the molecule is CCCCCCCCCCCCCCCCCCCCCCCCC(=O)O[C@H](COC(=O)CCCCCCCCCCCCCCCCCC)COP(=O)(O)OC[C@@H](O)COP(=O)(O)OC[C@@H](COC(=O)CCCCCCCCCCCCCC)OC(=O)CCCCCCCCCCCCC(C)C. The van der Waals surface area contributed by atoms with Gasteiger partial charge in [-0.05, 0) is 31.6 Å². The maximum Gasteiger partial charge on any atom is 0.472 e. The largest absolute Gasteiger partial charge is 0.472 e. The Morgan fingerprint density at radius 2 is 0.447 bits per heavy atom. The first kappa shape index (κ1) is 101. The molecule has 17 nitrogen and oxygen atoms in total. The van der Waals surface area contributed by atoms with Crippen LogP contribution in [0.3, 0.4) is 0 Å². The predicted molar refractivity (Wildman–Crippen MR) is 423 cm³/mol. The predicted octanol–water partition coefficient (Wildman–Crippen LogP) is 25.6. The third-order valence-electron chi connectivity index (χ3n) is 19.8. The molecule has 0 saturated carbocycles. The van der Waals surface area contributed by atoms with E-state index in [9.17, 15) is 43.2 Å². The Labute approximate surface area is 632 Å². The summed E-state index contributed by atoms with van der Waals surface area (Å²) in [6, 6.07) is 0. The molecule has 0 bridgehead atoms. The summed E-state index contributed by atoms with van der Waals surface area (Å²) in [6.45, 7) is 7.34. The van der Waals surface area contributed by atoms with Crippen molar-refractivity contribution >= 4 is 39.5 Å². The molecule has 0 aromatic heterocycles. The number of esters is 4. The van der Waals surface area contributed by atoms with Crippen molar-refractivity contribution in [2.75, 3.05) is 39.6 Å². The Hall–Kier alpha value is -1.94. The van der Waals surface area contributed by atoms with Crippen LogP contribution in [0.2, 0.25) is 0 Å². The van der Waals surface area contributed by atoms with Crippen LogP contribution in [0.5, 0.6) is 0 Å². The van der Waals surface area contributed by atoms with Crippen molar-refractivity contribution in [3.8, 4) is 0 Å². The lowest BCUT2D eigenvalue weighted by Gasteiger charge is -2.21. The van der Waals surface area contributed by atoms with Crippen molar-refractivity contribution < 1.29 is 80.2 Å². The van der Waals surface area contributed by atoms with Crippen LogP contribution in [0, 0.1) is 5.92 Å². The first-order valence-corrected chi connectivity index (χ1v) is 46.6. The molecule has 0 saturated heterocycles. The molecule has 612 valence electrons. The van der Waals surface area contributed by atoms with Gasteiger partial charge >= 0.3 is 39.5 Å². The summed E-state index contributed by atoms with van der Waals surface area (Å²) < 4.78 is 68.8. The van der Waals surface area contributed by atoms with Crippen LogP contribution in [0.1, 0.15) is 452 Å². The molecule has 0 spiro atoms. The van der Waals surface area contributed by atoms with Crippen molar-refractivity contribution in [3.05, 3.63) is 0 Å². The summed E-state index contributed by atoms with van der Waals surface area (Å²) >= 11 is 0. The molecule has 0 aromatic rings. The van der Waals surface area contributed by atoms with Crippen LogP contribution in [0.25, 0.3) is 0 Å². The molecule has 0 heterocycles. The van der Waals surface area contributed by atoms with Gasteiger partial charge in [0.05, 0.1) is 26.4 Å². The van der Waals surface area contributed by atoms with E-state index in [0.717, 1.165) is 95.8 Å². The van der Waals surface area contributed by atoms with Crippen molar-refractivity contribution in [1.29, 1.82) is 0 Å². The van der Waals surface area contributed by atoms with Crippen molar-refractivity contribution in [1.82, 2.24) is 0 Å². The summed E-state index contributed by atoms with van der Waals surface area (Å²) in [5.41, 5.74) is 0. The lowest BCUT2D eigenvalue weighted by atomic mass is 10.0. The fourth-order valence-electron chi connectivity index (χ4n) is 13.1. The monoisotopic (exact) mass is 1510 g/mol. The number of phosphoric acid groups is 2. The van der Waals surface area contributed by atoms with Crippen molar-refractivity contribution in [2.24, 2.45) is 5.92 Å². The summed E-state index contributed by atoms with van der Waals surface area (Å²) in [6.07, 6.45) is 69.4. The molecule has 103 heavy (non-hydrogen) atoms. The number of hydrogen-bond donors (Lipinski definition) is 3. The lowest BCUT2D eigenvalue weighted by Crippen LogP contribution is -2.30. The second-order valence-corrected chi connectivity index (χ2v) is 33.6. The number of ether oxygens (including phenoxy) is 4. The zero-order valence-electron chi connectivity index (χ0n) is 67.5. The Bertz CT molecular complexity index is 1960. The highest BCUT2D eigenvalue weighted by Crippen LogP contribution is 2.45. The number of rotatable bonds is 84. The maximum absolute atomic E-state index is 13.1. The van der Waals surface area contributed by atoms with Gasteiger partial charge in [-0.2, -0.15) is 0 Å². The number of carbonyl (C=O) groups is 4. The number of unbranched alkanes of at least 4 members (excludes halogenated alkanes) is 56. The minimum atomic E-state index is -4.96. The fourth-order valence-corrected chi connectivity index (χ4v) is 14.7. The van der Waals surface area contributed by atoms with Crippen LogP contribution >= 0.6 is 15.6 Å². The fraction of sp³-hybridized carbons (Fsp3) is 0.952. The van der Waals surface area contributed by atoms with Crippen LogP contribution in [0.4, 0.5) is 0 Å². The minimum Gasteiger partial charge on any atom is -0.462 e. The summed E-state index contributed by atoms with van der Waals surface area (Å²) in [5.74, 6) is -1.35. The molecule has 19 heteroatoms. The normalized spacial score (nSPS) is 13.8. The zero-order valence-corrected chi connectivity index (χ0v) is 69.3. The van der Waals surface area contributed by atoms with Crippen LogP contribution in [0.15, 0.2) is 0 Å². The lowest BCUT2D eigenvalue weighted by molar-refractivity contribution is -0.161. The molecule has 0 aromatic carbocycles. The molecule has 0 aliphatic carbocycles. The molecule has 0 aliphatic heterocycles. The molecule has 0 rings (SSSR count). The Morgan fingerprint density at radius 1 is 0.262 bits per heavy atom. The summed E-state index contributed by atoms with van der Waals surface area (Å²) in [7, 11) is -9.92. The molecule has 3 N–H and O–H groups in total. The molecule has 5 atom stereocenters. The maximum atomic E-state index is 13.1. The van der Waals surface area contributed by atoms with Crippen LogP contribution in [-0.4, -0.2) is 96.7 Å². The van der Waals surface area contributed by atoms with E-state index in [1.807, 2.05) is 0 Å². The van der Waals surface area contributed by atoms with E-state index >= 15 is 0 Å². The number of hydrogen-bond acceptors (Lipinski definition) is 15. The average molecular weight is 1510 g/mol. The van der Waals surface area contributed by atoms with Crippen molar-refractivity contribution in [2.45, 2.75) is 470 Å². The van der Waals surface area contributed by atoms with Gasteiger partial charge in [0.1, 0.15) is 19.3 Å². The van der Waals surface area contributed by atoms with Gasteiger partial charge in [0.25, 0.3) is 0 Å². The van der Waals surface area contributed by atoms with Gasteiger partial charge in [-0.1, -0.05) is 401 Å². The Morgan fingerprint density at radius 3 is 0.660 bits per heavy atom. The Kier molecular flexibility index (Phi) is 75.4. The summed E-state index contributed by atoms with van der Waals surface area (Å²) in [5, 5.41) is 10.7. The van der Waals surface area contributed by atoms with E-state index in [0.29, 0.717) is 25.7 Å². The van der Waals surface area contributed by atoms with E-state index in [1.165, 1.54) is 276 Å². The molecule has 0 fully saturated rings. The number of carbonyl (C=O) groups excluding carboxylic acids is 4. The number of phosphoric ester groups is 2. The molecule has 2 unspecified atom stereocenters. The number of aliphatic hydroxyl groups excluding tert-OH is 1. The summed E-state index contributed by atoms with van der Waals surface area (Å²) in [4.78, 5) is 73.1. The quantitative estimate of drug-likeness (QED) is 0.0222. The van der Waals surface area contributed by atoms with E-state index in [2.05, 4.69) is 34.6 Å². The molecular weight excluding hydrogens is 1340 g/mol. The van der Waals surface area contributed by atoms with Gasteiger partial charge in [-0.3, -0.25) is 37.3 Å². The topological polar surface area (TPSA) is 237 Å². The standard InChI is InChI=1S/C84H164O17P2/c1-6-9-12-15-18-21-24-27-29-31-32-33-34-35-36-38-40-43-49-54-59-64-69-83(88)100-79(73-95-82(87)68-63-58-53-48-42-39-37-30-28-25-22-19-16-13-10-7-2)75-98-102(90,91)96-71-78(85)72-97-103(92,93)99-76-80(74-94-81(86)67-62-57-52-47-41-26-23-20-17-14-11-8-3)101-84(89)70-65-60-55-50-45-44-46-51-56-61-66-77(4)5/h77-80,85H,6-76H2,1-5H3,(H,90,91)(H,92,93)/t78-,79-,80-/m1/s1. The second-order valence-electron chi connectivity index (χ2n) is 30.7. The highest BCUT2D eigenvalue weighted by Gasteiger charge is 2.30. The second kappa shape index (κ2) is 76.8. The van der Waals surface area contributed by atoms with Gasteiger partial charge in [-0.15, -0.1) is 0 Å². The van der Waals surface area contributed by atoms with Crippen LogP contribution in [-0.2, 0) is 65.4 Å². The van der Waals surface area contributed by atoms with E-state index in [1.54, 1.807) is 0 Å². The Balaban J connectivity index is 5.22. The van der Waals surface area contributed by atoms with E-state index in [-0.39, 0.29) is 25.7 Å². The third kappa shape index (κ3) is 78.0. The first-order valence-electron chi connectivity index (χ1n) is 43.6. The van der Waals surface area contributed by atoms with Gasteiger partial charge < -0.3 is 33.8 Å². The van der Waals surface area contributed by atoms with E-state index in [4.69, 9.17) is 37.0 Å². The average Bonchev–Trinajstić information content (AvgIpc) is 0.932. The van der Waals surface area contributed by atoms with Crippen molar-refractivity contribution in [3.63, 3.8) is 0 Å². The zero-order chi connectivity index (χ0) is 75.5. The molecule has 0 aliphatic rings. The first-order chi connectivity index (χ1) is 50.0. The highest BCUT2D eigenvalue weighted by atomic mass is 31.2. The number of aliphatic hydroxyl groups is 1. The van der Waals surface area contributed by atoms with Gasteiger partial charge in [-0.25, -0.2) is 9.13 Å². The van der Waals surface area contributed by atoms with E-state index < -0.39 is 97.5 Å². The highest BCUT2D eigenvalue weighted by molar-refractivity contribution is 7.47.